The molecule has 0 saturated carbocycles. The number of hydrogen-bond acceptors (Lipinski definition) is 2. The first kappa shape index (κ1) is 16.5. The van der Waals surface area contributed by atoms with Gasteiger partial charge in [0.25, 0.3) is 0 Å². The Balaban J connectivity index is 3.20. The van der Waals surface area contributed by atoms with Crippen LogP contribution in [0.3, 0.4) is 0 Å². The maximum atomic E-state index is 13.0. The lowest BCUT2D eigenvalue weighted by Gasteiger charge is -2.27. The lowest BCUT2D eigenvalue weighted by Crippen LogP contribution is -2.46. The van der Waals surface area contributed by atoms with Gasteiger partial charge in [0.1, 0.15) is 11.8 Å². The average Bonchev–Trinajstić information content (AvgIpc) is 2.25. The minimum absolute atomic E-state index is 0.592. The molecule has 0 aliphatic carbocycles. The summed E-state index contributed by atoms with van der Waals surface area (Å²) in [7, 11) is 0. The fourth-order valence-corrected chi connectivity index (χ4v) is 1.33. The molecule has 1 aromatic carbocycles. The highest BCUT2D eigenvalue weighted by Gasteiger charge is 2.62. The lowest BCUT2D eigenvalue weighted by molar-refractivity contribution is -0.292. The Hall–Kier alpha value is -1.58. The molecular formula is C10H7F8NO. The molecule has 2 nitrogen and oxygen atoms in total. The normalized spacial score (nSPS) is 15.1. The smallest absolute Gasteiger partial charge is 0.405 e. The molecule has 0 spiro atoms. The summed E-state index contributed by atoms with van der Waals surface area (Å²) in [5.74, 6) is -6.62. The van der Waals surface area contributed by atoms with E-state index in [0.717, 1.165) is 12.1 Å². The molecule has 1 rings (SSSR count). The van der Waals surface area contributed by atoms with Crippen molar-refractivity contribution in [2.75, 3.05) is 0 Å². The van der Waals surface area contributed by atoms with Gasteiger partial charge in [-0.3, -0.25) is 0 Å². The summed E-state index contributed by atoms with van der Waals surface area (Å²) in [4.78, 5) is 0. The van der Waals surface area contributed by atoms with Crippen molar-refractivity contribution >= 4 is 0 Å². The molecule has 114 valence electrons. The predicted octanol–water partition coefficient (Wildman–Crippen LogP) is 3.78. The third kappa shape index (κ3) is 3.50. The Morgan fingerprint density at radius 1 is 0.900 bits per heavy atom. The zero-order valence-electron chi connectivity index (χ0n) is 9.40. The summed E-state index contributed by atoms with van der Waals surface area (Å²) in [5.41, 5.74) is 3.66. The number of rotatable bonds is 3. The number of halogens is 8. The van der Waals surface area contributed by atoms with E-state index in [-0.39, 0.29) is 0 Å². The van der Waals surface area contributed by atoms with Gasteiger partial charge in [-0.25, -0.2) is 0 Å². The zero-order chi connectivity index (χ0) is 15.8. The molecule has 0 aliphatic heterocycles. The first-order valence-corrected chi connectivity index (χ1v) is 4.91. The second kappa shape index (κ2) is 5.08. The van der Waals surface area contributed by atoms with Crippen LogP contribution < -0.4 is 10.5 Å². The van der Waals surface area contributed by atoms with Crippen LogP contribution in [0, 0.1) is 0 Å². The highest BCUT2D eigenvalue weighted by molar-refractivity contribution is 5.37. The monoisotopic (exact) mass is 309 g/mol. The first-order valence-electron chi connectivity index (χ1n) is 4.91. The topological polar surface area (TPSA) is 35.2 Å². The van der Waals surface area contributed by atoms with Gasteiger partial charge in [0.2, 0.25) is 0 Å². The summed E-state index contributed by atoms with van der Waals surface area (Å²) in [6.45, 7) is 0. The highest BCUT2D eigenvalue weighted by atomic mass is 19.4. The van der Waals surface area contributed by atoms with Gasteiger partial charge < -0.3 is 10.5 Å². The van der Waals surface area contributed by atoms with Crippen LogP contribution in [-0.4, -0.2) is 18.5 Å². The van der Waals surface area contributed by atoms with Crippen LogP contribution in [0.25, 0.3) is 0 Å². The molecule has 0 saturated heterocycles. The molecule has 0 unspecified atom stereocenters. The van der Waals surface area contributed by atoms with Crippen molar-refractivity contribution in [3.63, 3.8) is 0 Å². The molecule has 0 bridgehead atoms. The first-order chi connectivity index (χ1) is 8.86. The minimum atomic E-state index is -6.00. The SMILES string of the molecule is N[C@H](c1ccccc1OC(F)(F)F)C(F)(F)C(F)(F)F. The van der Waals surface area contributed by atoms with Crippen LogP contribution >= 0.6 is 0 Å². The summed E-state index contributed by atoms with van der Waals surface area (Å²) in [5, 5.41) is 0. The predicted molar refractivity (Wildman–Crippen MR) is 51.1 cm³/mol. The Morgan fingerprint density at radius 3 is 1.85 bits per heavy atom. The van der Waals surface area contributed by atoms with Crippen molar-refractivity contribution in [1.82, 2.24) is 0 Å². The molecule has 2 N–H and O–H groups in total. The third-order valence-electron chi connectivity index (χ3n) is 2.25. The van der Waals surface area contributed by atoms with Crippen molar-refractivity contribution < 1.29 is 39.9 Å². The van der Waals surface area contributed by atoms with Gasteiger partial charge in [-0.05, 0) is 6.07 Å². The Bertz CT molecular complexity index is 467. The van der Waals surface area contributed by atoms with Crippen molar-refractivity contribution in [1.29, 1.82) is 0 Å². The van der Waals surface area contributed by atoms with Gasteiger partial charge in [-0.15, -0.1) is 13.2 Å². The number of hydrogen-bond donors (Lipinski definition) is 1. The van der Waals surface area contributed by atoms with Crippen LogP contribution in [0.1, 0.15) is 11.6 Å². The highest BCUT2D eigenvalue weighted by Crippen LogP contribution is 2.45. The maximum absolute atomic E-state index is 13.0. The summed E-state index contributed by atoms with van der Waals surface area (Å²) in [6.07, 6.45) is -11.2. The van der Waals surface area contributed by atoms with Gasteiger partial charge in [0, 0.05) is 5.56 Å². The summed E-state index contributed by atoms with van der Waals surface area (Å²) in [6, 6.07) is 0.107. The third-order valence-corrected chi connectivity index (χ3v) is 2.25. The fourth-order valence-electron chi connectivity index (χ4n) is 1.33. The molecule has 1 atom stereocenters. The number of benzene rings is 1. The zero-order valence-corrected chi connectivity index (χ0v) is 9.40. The second-order valence-electron chi connectivity index (χ2n) is 3.68. The van der Waals surface area contributed by atoms with E-state index < -0.39 is 35.8 Å². The Morgan fingerprint density at radius 2 is 1.40 bits per heavy atom. The molecule has 0 amide bonds. The second-order valence-corrected chi connectivity index (χ2v) is 3.68. The molecule has 0 aliphatic rings. The van der Waals surface area contributed by atoms with Crippen LogP contribution in [0.15, 0.2) is 24.3 Å². The van der Waals surface area contributed by atoms with Crippen LogP contribution in [0.2, 0.25) is 0 Å². The van der Waals surface area contributed by atoms with Gasteiger partial charge >= 0.3 is 18.5 Å². The summed E-state index contributed by atoms with van der Waals surface area (Å²) < 4.78 is 102. The van der Waals surface area contributed by atoms with Crippen molar-refractivity contribution in [2.24, 2.45) is 5.73 Å². The number of ether oxygens (including phenoxy) is 1. The number of nitrogens with two attached hydrogens (primary N) is 1. The lowest BCUT2D eigenvalue weighted by atomic mass is 10.00. The van der Waals surface area contributed by atoms with E-state index in [9.17, 15) is 35.1 Å². The maximum Gasteiger partial charge on any atom is 0.573 e. The van der Waals surface area contributed by atoms with E-state index in [1.54, 1.807) is 0 Å². The van der Waals surface area contributed by atoms with E-state index in [0.29, 0.717) is 12.1 Å². The van der Waals surface area contributed by atoms with Crippen molar-refractivity contribution in [3.8, 4) is 5.75 Å². The van der Waals surface area contributed by atoms with Crippen molar-refractivity contribution in [3.05, 3.63) is 29.8 Å². The molecular weight excluding hydrogens is 302 g/mol. The molecule has 1 aromatic rings. The van der Waals surface area contributed by atoms with Crippen LogP contribution in [-0.2, 0) is 0 Å². The standard InChI is InChI=1S/C10H7F8NO/c11-8(12,9(13,14)15)7(19)5-3-1-2-4-6(5)20-10(16,17)18/h1-4,7H,19H2/t7-/m1/s1. The Labute approximate surface area is 107 Å². The van der Waals surface area contributed by atoms with E-state index in [1.165, 1.54) is 0 Å². The van der Waals surface area contributed by atoms with Gasteiger partial charge in [0.15, 0.2) is 0 Å². The molecule has 0 radical (unpaired) electrons. The average molecular weight is 309 g/mol. The van der Waals surface area contributed by atoms with E-state index >= 15 is 0 Å². The van der Waals surface area contributed by atoms with Gasteiger partial charge in [-0.2, -0.15) is 22.0 Å². The van der Waals surface area contributed by atoms with E-state index in [4.69, 9.17) is 5.73 Å². The molecule has 20 heavy (non-hydrogen) atoms. The largest absolute Gasteiger partial charge is 0.573 e. The van der Waals surface area contributed by atoms with Gasteiger partial charge in [0.05, 0.1) is 0 Å². The molecule has 10 heteroatoms. The summed E-state index contributed by atoms with van der Waals surface area (Å²) >= 11 is 0. The van der Waals surface area contributed by atoms with Crippen LogP contribution in [0.5, 0.6) is 5.75 Å². The van der Waals surface area contributed by atoms with Crippen molar-refractivity contribution in [2.45, 2.75) is 24.5 Å². The fraction of sp³-hybridized carbons (Fsp3) is 0.400. The molecule has 0 fully saturated rings. The number of para-hydroxylation sites is 1. The number of alkyl halides is 8. The minimum Gasteiger partial charge on any atom is -0.405 e. The van der Waals surface area contributed by atoms with Gasteiger partial charge in [-0.1, -0.05) is 18.2 Å². The van der Waals surface area contributed by atoms with E-state index in [1.807, 2.05) is 0 Å². The van der Waals surface area contributed by atoms with E-state index in [2.05, 4.69) is 4.74 Å². The van der Waals surface area contributed by atoms with Crippen LogP contribution in [0.4, 0.5) is 35.1 Å². The quantitative estimate of drug-likeness (QED) is 0.862. The molecule has 0 heterocycles. The molecule has 0 aromatic heterocycles. The Kier molecular flexibility index (Phi) is 4.18.